The second kappa shape index (κ2) is 13.6. The highest BCUT2D eigenvalue weighted by Gasteiger charge is 2.22. The molecule has 3 N–H and O–H groups in total. The SMILES string of the molecule is C=C/C=C(\C=C)Sc1cc(NS(=O)(=O)c2ccc(OC)cc2)c(=C/C)/c(=C\CC)c1NS(=O)(=O)c1ccc(O)cc1. The first kappa shape index (κ1) is 31.6. The van der Waals surface area contributed by atoms with Gasteiger partial charge in [-0.1, -0.05) is 56.1 Å². The highest BCUT2D eigenvalue weighted by atomic mass is 32.2. The zero-order chi connectivity index (χ0) is 30.2. The molecule has 0 aromatic heterocycles. The van der Waals surface area contributed by atoms with Gasteiger partial charge >= 0.3 is 0 Å². The van der Waals surface area contributed by atoms with Crippen LogP contribution in [0, 0.1) is 0 Å². The van der Waals surface area contributed by atoms with Gasteiger partial charge in [0.05, 0.1) is 28.3 Å². The van der Waals surface area contributed by atoms with Crippen molar-refractivity contribution in [3.63, 3.8) is 0 Å². The van der Waals surface area contributed by atoms with Crippen LogP contribution in [0.4, 0.5) is 11.4 Å². The van der Waals surface area contributed by atoms with E-state index in [0.29, 0.717) is 32.4 Å². The van der Waals surface area contributed by atoms with Crippen molar-refractivity contribution in [3.05, 3.63) is 101 Å². The normalized spacial score (nSPS) is 13.1. The van der Waals surface area contributed by atoms with Gasteiger partial charge in [0.15, 0.2) is 0 Å². The molecule has 0 saturated heterocycles. The number of hydrogen-bond donors (Lipinski definition) is 3. The number of phenolic OH excluding ortho intramolecular Hbond substituents is 1. The molecule has 0 fully saturated rings. The average molecular weight is 613 g/mol. The molecule has 3 aromatic rings. The lowest BCUT2D eigenvalue weighted by atomic mass is 10.1. The summed E-state index contributed by atoms with van der Waals surface area (Å²) in [5, 5.41) is 10.6. The third-order valence-electron chi connectivity index (χ3n) is 5.78. The van der Waals surface area contributed by atoms with Gasteiger partial charge in [-0.3, -0.25) is 9.44 Å². The van der Waals surface area contributed by atoms with Crippen molar-refractivity contribution in [1.82, 2.24) is 0 Å². The number of ether oxygens (including phenoxy) is 1. The fourth-order valence-electron chi connectivity index (χ4n) is 3.85. The second-order valence-electron chi connectivity index (χ2n) is 8.52. The van der Waals surface area contributed by atoms with Crippen molar-refractivity contribution in [3.8, 4) is 11.5 Å². The Labute approximate surface area is 245 Å². The molecule has 0 aliphatic rings. The maximum atomic E-state index is 13.5. The van der Waals surface area contributed by atoms with E-state index in [1.54, 1.807) is 49.4 Å². The summed E-state index contributed by atoms with van der Waals surface area (Å²) in [7, 11) is -6.62. The van der Waals surface area contributed by atoms with E-state index in [0.717, 1.165) is 0 Å². The Morgan fingerprint density at radius 1 is 0.951 bits per heavy atom. The first-order valence-electron chi connectivity index (χ1n) is 12.4. The molecule has 0 radical (unpaired) electrons. The molecule has 11 heteroatoms. The predicted octanol–water partition coefficient (Wildman–Crippen LogP) is 5.34. The summed E-state index contributed by atoms with van der Waals surface area (Å²) >= 11 is 1.20. The lowest BCUT2D eigenvalue weighted by molar-refractivity contribution is 0.414. The summed E-state index contributed by atoms with van der Waals surface area (Å²) in [6.07, 6.45) is 8.95. The molecule has 216 valence electrons. The molecule has 0 unspecified atom stereocenters. The van der Waals surface area contributed by atoms with Gasteiger partial charge in [-0.2, -0.15) is 0 Å². The predicted molar refractivity (Wildman–Crippen MR) is 168 cm³/mol. The van der Waals surface area contributed by atoms with Gasteiger partial charge in [-0.15, -0.1) is 0 Å². The number of thioether (sulfide) groups is 1. The van der Waals surface area contributed by atoms with E-state index in [1.807, 2.05) is 13.0 Å². The second-order valence-corrected chi connectivity index (χ2v) is 13.0. The summed E-state index contributed by atoms with van der Waals surface area (Å²) in [4.78, 5) is 1.07. The molecular weight excluding hydrogens is 581 g/mol. The van der Waals surface area contributed by atoms with Crippen molar-refractivity contribution < 1.29 is 26.7 Å². The number of nitrogens with one attached hydrogen (secondary N) is 2. The Hall–Kier alpha value is -3.93. The maximum Gasteiger partial charge on any atom is 0.261 e. The van der Waals surface area contributed by atoms with Crippen LogP contribution in [-0.2, 0) is 20.0 Å². The van der Waals surface area contributed by atoms with Crippen LogP contribution in [-0.4, -0.2) is 29.1 Å². The fraction of sp³-hybridized carbons (Fsp3) is 0.133. The standard InChI is InChI=1S/C30H32N2O6S3/c1-6-10-23(8-3)39-29-20-28(31-40(34,35)25-18-14-22(38-5)15-19-25)26(9-4)27(11-7-2)30(29)32-41(36,37)24-16-12-21(33)13-17-24/h6,8-20,31-33H,1,3,7H2,2,4-5H3/b23-10+,26-9+,27-11+. The zero-order valence-corrected chi connectivity index (χ0v) is 25.4. The van der Waals surface area contributed by atoms with Crippen LogP contribution in [0.5, 0.6) is 11.5 Å². The van der Waals surface area contributed by atoms with Crippen molar-refractivity contribution in [2.45, 2.75) is 35.0 Å². The summed E-state index contributed by atoms with van der Waals surface area (Å²) in [6, 6.07) is 12.7. The van der Waals surface area contributed by atoms with Crippen molar-refractivity contribution in [2.24, 2.45) is 0 Å². The monoisotopic (exact) mass is 612 g/mol. The van der Waals surface area contributed by atoms with Crippen LogP contribution in [0.25, 0.3) is 12.2 Å². The summed E-state index contributed by atoms with van der Waals surface area (Å²) < 4.78 is 64.2. The smallest absolute Gasteiger partial charge is 0.261 e. The topological polar surface area (TPSA) is 122 Å². The number of hydrogen-bond acceptors (Lipinski definition) is 7. The molecule has 0 aliphatic carbocycles. The number of aromatic hydroxyl groups is 1. The fourth-order valence-corrected chi connectivity index (χ4v) is 7.03. The van der Waals surface area contributed by atoms with Gasteiger partial charge in [0, 0.05) is 20.2 Å². The van der Waals surface area contributed by atoms with Gasteiger partial charge in [-0.25, -0.2) is 16.8 Å². The van der Waals surface area contributed by atoms with Crippen LogP contribution in [0.15, 0.2) is 106 Å². The van der Waals surface area contributed by atoms with Crippen LogP contribution >= 0.6 is 11.8 Å². The Kier molecular flexibility index (Phi) is 10.5. The van der Waals surface area contributed by atoms with E-state index in [-0.39, 0.29) is 26.9 Å². The van der Waals surface area contributed by atoms with Crippen molar-refractivity contribution >= 4 is 55.3 Å². The lowest BCUT2D eigenvalue weighted by Crippen LogP contribution is -2.34. The van der Waals surface area contributed by atoms with Gasteiger partial charge in [0.25, 0.3) is 20.0 Å². The molecule has 0 spiro atoms. The molecule has 0 amide bonds. The molecule has 0 heterocycles. The lowest BCUT2D eigenvalue weighted by Gasteiger charge is -2.18. The molecular formula is C30H32N2O6S3. The van der Waals surface area contributed by atoms with E-state index in [1.165, 1.54) is 55.3 Å². The largest absolute Gasteiger partial charge is 0.508 e. The number of phenols is 1. The van der Waals surface area contributed by atoms with Crippen LogP contribution in [0.1, 0.15) is 20.3 Å². The van der Waals surface area contributed by atoms with Gasteiger partial charge in [0.2, 0.25) is 0 Å². The molecule has 41 heavy (non-hydrogen) atoms. The Morgan fingerprint density at radius 3 is 2.05 bits per heavy atom. The maximum absolute atomic E-state index is 13.5. The van der Waals surface area contributed by atoms with Crippen LogP contribution in [0.2, 0.25) is 0 Å². The summed E-state index contributed by atoms with van der Waals surface area (Å²) in [6.45, 7) is 11.2. The Bertz CT molecular complexity index is 1800. The average Bonchev–Trinajstić information content (AvgIpc) is 2.94. The van der Waals surface area contributed by atoms with Gasteiger partial charge < -0.3 is 9.84 Å². The van der Waals surface area contributed by atoms with E-state index < -0.39 is 20.0 Å². The van der Waals surface area contributed by atoms with E-state index in [2.05, 4.69) is 22.6 Å². The highest BCUT2D eigenvalue weighted by molar-refractivity contribution is 8.03. The summed E-state index contributed by atoms with van der Waals surface area (Å²) in [5.74, 6) is 0.447. The van der Waals surface area contributed by atoms with Crippen LogP contribution < -0.4 is 24.6 Å². The third-order valence-corrected chi connectivity index (χ3v) is 9.60. The molecule has 0 saturated carbocycles. The number of methoxy groups -OCH3 is 1. The first-order chi connectivity index (χ1) is 19.5. The van der Waals surface area contributed by atoms with E-state index in [4.69, 9.17) is 4.74 Å². The first-order valence-corrected chi connectivity index (χ1v) is 16.2. The van der Waals surface area contributed by atoms with Crippen molar-refractivity contribution in [2.75, 3.05) is 16.6 Å². The number of sulfonamides is 2. The number of benzene rings is 3. The summed E-state index contributed by atoms with van der Waals surface area (Å²) in [5.41, 5.74) is 0.530. The highest BCUT2D eigenvalue weighted by Crippen LogP contribution is 2.34. The Balaban J connectivity index is 2.30. The zero-order valence-electron chi connectivity index (χ0n) is 22.9. The number of allylic oxidation sites excluding steroid dienone is 3. The van der Waals surface area contributed by atoms with Crippen molar-refractivity contribution in [1.29, 1.82) is 0 Å². The number of rotatable bonds is 12. The van der Waals surface area contributed by atoms with Crippen LogP contribution in [0.3, 0.4) is 0 Å². The molecule has 0 aliphatic heterocycles. The minimum Gasteiger partial charge on any atom is -0.508 e. The quantitative estimate of drug-likeness (QED) is 0.186. The van der Waals surface area contributed by atoms with Gasteiger partial charge in [0.1, 0.15) is 11.5 Å². The van der Waals surface area contributed by atoms with Gasteiger partial charge in [-0.05, 0) is 74.0 Å². The molecule has 8 nitrogen and oxygen atoms in total. The minimum absolute atomic E-state index is 0.0334. The molecule has 3 rings (SSSR count). The third kappa shape index (κ3) is 7.63. The number of anilines is 2. The van der Waals surface area contributed by atoms with E-state index in [9.17, 15) is 21.9 Å². The minimum atomic E-state index is -4.10. The molecule has 0 atom stereocenters. The Morgan fingerprint density at radius 2 is 1.54 bits per heavy atom. The molecule has 0 bridgehead atoms. The van der Waals surface area contributed by atoms with E-state index >= 15 is 0 Å². The molecule has 3 aromatic carbocycles.